The van der Waals surface area contributed by atoms with E-state index >= 15 is 0 Å². The van der Waals surface area contributed by atoms with Gasteiger partial charge in [0, 0.05) is 31.5 Å². The Hall–Kier alpha value is -2.34. The zero-order chi connectivity index (χ0) is 18.4. The molecule has 0 bridgehead atoms. The molecule has 0 saturated carbocycles. The maximum Gasteiger partial charge on any atom is 0.174 e. The van der Waals surface area contributed by atoms with Gasteiger partial charge in [-0.05, 0) is 60.8 Å². The van der Waals surface area contributed by atoms with Gasteiger partial charge >= 0.3 is 0 Å². The van der Waals surface area contributed by atoms with Crippen LogP contribution in [0.1, 0.15) is 25.3 Å². The van der Waals surface area contributed by atoms with Crippen molar-refractivity contribution >= 4 is 28.8 Å². The molecule has 1 saturated heterocycles. The molecule has 1 unspecified atom stereocenters. The summed E-state index contributed by atoms with van der Waals surface area (Å²) in [4.78, 5) is 6.72. The average molecular weight is 371 g/mol. The second-order valence-electron chi connectivity index (χ2n) is 6.72. The van der Waals surface area contributed by atoms with E-state index in [1.165, 1.54) is 24.1 Å². The lowest BCUT2D eigenvalue weighted by Crippen LogP contribution is -2.34. The third-order valence-electron chi connectivity index (χ3n) is 4.63. The molecule has 5 nitrogen and oxygen atoms in total. The quantitative estimate of drug-likeness (QED) is 0.781. The Morgan fingerprint density at radius 3 is 2.85 bits per heavy atom. The number of aromatic nitrogens is 1. The highest BCUT2D eigenvalue weighted by atomic mass is 32.1. The predicted molar refractivity (Wildman–Crippen MR) is 111 cm³/mol. The number of thiocarbonyl (C=S) groups is 1. The van der Waals surface area contributed by atoms with E-state index in [9.17, 15) is 0 Å². The summed E-state index contributed by atoms with van der Waals surface area (Å²) < 4.78 is 5.27. The van der Waals surface area contributed by atoms with Crippen molar-refractivity contribution in [2.45, 2.75) is 26.3 Å². The highest BCUT2D eigenvalue weighted by Gasteiger charge is 2.16. The SMILES string of the molecule is COc1cccnc1NC(=S)NCc1ccc(N2CCCC(C)C2)cc1. The zero-order valence-electron chi connectivity index (χ0n) is 15.4. The van der Waals surface area contributed by atoms with Crippen molar-refractivity contribution < 1.29 is 4.74 Å². The average Bonchev–Trinajstić information content (AvgIpc) is 2.67. The van der Waals surface area contributed by atoms with Gasteiger partial charge < -0.3 is 20.3 Å². The Bertz CT molecular complexity index is 735. The van der Waals surface area contributed by atoms with Gasteiger partial charge in [-0.25, -0.2) is 4.98 Å². The van der Waals surface area contributed by atoms with Crippen molar-refractivity contribution in [3.8, 4) is 5.75 Å². The van der Waals surface area contributed by atoms with E-state index in [0.717, 1.165) is 19.0 Å². The van der Waals surface area contributed by atoms with Gasteiger partial charge in [-0.1, -0.05) is 19.1 Å². The molecule has 1 aromatic heterocycles. The Labute approximate surface area is 160 Å². The van der Waals surface area contributed by atoms with Crippen molar-refractivity contribution in [2.75, 3.05) is 30.4 Å². The molecule has 1 fully saturated rings. The molecule has 6 heteroatoms. The Morgan fingerprint density at radius 2 is 2.12 bits per heavy atom. The van der Waals surface area contributed by atoms with E-state index in [0.29, 0.717) is 23.2 Å². The summed E-state index contributed by atoms with van der Waals surface area (Å²) in [5, 5.41) is 6.82. The molecular formula is C20H26N4OS. The first-order valence-corrected chi connectivity index (χ1v) is 9.44. The standard InChI is InChI=1S/C20H26N4OS/c1-15-5-4-12-24(14-15)17-9-7-16(8-10-17)13-22-20(26)23-19-18(25-2)6-3-11-21-19/h3,6-11,15H,4-5,12-14H2,1-2H3,(H2,21,22,23,26). The van der Waals surface area contributed by atoms with Crippen LogP contribution in [0.2, 0.25) is 0 Å². The number of anilines is 2. The number of hydrogen-bond acceptors (Lipinski definition) is 4. The number of rotatable bonds is 5. The summed E-state index contributed by atoms with van der Waals surface area (Å²) in [7, 11) is 1.61. The van der Waals surface area contributed by atoms with Crippen LogP contribution in [-0.2, 0) is 6.54 Å². The second-order valence-corrected chi connectivity index (χ2v) is 7.13. The fraction of sp³-hybridized carbons (Fsp3) is 0.400. The third-order valence-corrected chi connectivity index (χ3v) is 4.88. The maximum atomic E-state index is 5.36. The predicted octanol–water partition coefficient (Wildman–Crippen LogP) is 3.81. The lowest BCUT2D eigenvalue weighted by Gasteiger charge is -2.32. The molecule has 1 aliphatic heterocycles. The summed E-state index contributed by atoms with van der Waals surface area (Å²) in [5.74, 6) is 2.05. The first-order chi connectivity index (χ1) is 12.7. The molecule has 1 aliphatic rings. The topological polar surface area (TPSA) is 49.4 Å². The highest BCUT2D eigenvalue weighted by molar-refractivity contribution is 7.80. The number of hydrogen-bond donors (Lipinski definition) is 2. The maximum absolute atomic E-state index is 5.36. The van der Waals surface area contributed by atoms with Crippen LogP contribution in [0, 0.1) is 5.92 Å². The second kappa shape index (κ2) is 8.85. The van der Waals surface area contributed by atoms with Gasteiger partial charge in [0.2, 0.25) is 0 Å². The molecule has 2 N–H and O–H groups in total. The molecule has 0 aliphatic carbocycles. The fourth-order valence-corrected chi connectivity index (χ4v) is 3.40. The number of nitrogens with one attached hydrogen (secondary N) is 2. The van der Waals surface area contributed by atoms with Crippen LogP contribution in [0.5, 0.6) is 5.75 Å². The fourth-order valence-electron chi connectivity index (χ4n) is 3.23. The molecule has 3 rings (SSSR count). The molecule has 0 spiro atoms. The van der Waals surface area contributed by atoms with Crippen LogP contribution >= 0.6 is 12.2 Å². The number of benzene rings is 1. The van der Waals surface area contributed by atoms with Gasteiger partial charge in [-0.15, -0.1) is 0 Å². The number of ether oxygens (including phenoxy) is 1. The van der Waals surface area contributed by atoms with Gasteiger partial charge in [-0.3, -0.25) is 0 Å². The Balaban J connectivity index is 1.52. The van der Waals surface area contributed by atoms with Gasteiger partial charge in [0.1, 0.15) is 0 Å². The first-order valence-electron chi connectivity index (χ1n) is 9.03. The third kappa shape index (κ3) is 4.85. The van der Waals surface area contributed by atoms with Crippen molar-refractivity contribution in [3.63, 3.8) is 0 Å². The number of methoxy groups -OCH3 is 1. The Morgan fingerprint density at radius 1 is 1.31 bits per heavy atom. The lowest BCUT2D eigenvalue weighted by molar-refractivity contribution is 0.415. The molecule has 0 radical (unpaired) electrons. The number of pyridine rings is 1. The number of nitrogens with zero attached hydrogens (tertiary/aromatic N) is 2. The molecule has 26 heavy (non-hydrogen) atoms. The van der Waals surface area contributed by atoms with Crippen LogP contribution in [-0.4, -0.2) is 30.3 Å². The number of piperidine rings is 1. The van der Waals surface area contributed by atoms with Crippen LogP contribution in [0.3, 0.4) is 0 Å². The first kappa shape index (κ1) is 18.5. The Kier molecular flexibility index (Phi) is 6.28. The van der Waals surface area contributed by atoms with Crippen molar-refractivity contribution in [3.05, 3.63) is 48.2 Å². The van der Waals surface area contributed by atoms with Crippen LogP contribution in [0.25, 0.3) is 0 Å². The molecular weight excluding hydrogens is 344 g/mol. The van der Waals surface area contributed by atoms with Gasteiger partial charge in [-0.2, -0.15) is 0 Å². The monoisotopic (exact) mass is 370 g/mol. The lowest BCUT2D eigenvalue weighted by atomic mass is 9.99. The minimum absolute atomic E-state index is 0.524. The van der Waals surface area contributed by atoms with Crippen molar-refractivity contribution in [1.29, 1.82) is 0 Å². The summed E-state index contributed by atoms with van der Waals surface area (Å²) in [6, 6.07) is 12.4. The largest absolute Gasteiger partial charge is 0.493 e. The highest BCUT2D eigenvalue weighted by Crippen LogP contribution is 2.23. The minimum atomic E-state index is 0.524. The molecule has 2 heterocycles. The summed E-state index contributed by atoms with van der Waals surface area (Å²) in [6.07, 6.45) is 4.32. The molecule has 1 aromatic carbocycles. The van der Waals surface area contributed by atoms with Crippen LogP contribution < -0.4 is 20.3 Å². The summed E-state index contributed by atoms with van der Waals surface area (Å²) >= 11 is 5.36. The molecule has 1 atom stereocenters. The smallest absolute Gasteiger partial charge is 0.174 e. The minimum Gasteiger partial charge on any atom is -0.493 e. The van der Waals surface area contributed by atoms with E-state index in [-0.39, 0.29) is 0 Å². The zero-order valence-corrected chi connectivity index (χ0v) is 16.2. The van der Waals surface area contributed by atoms with E-state index in [1.54, 1.807) is 13.3 Å². The molecule has 2 aromatic rings. The normalized spacial score (nSPS) is 16.8. The van der Waals surface area contributed by atoms with E-state index < -0.39 is 0 Å². The van der Waals surface area contributed by atoms with Gasteiger partial charge in [0.15, 0.2) is 16.7 Å². The van der Waals surface area contributed by atoms with E-state index in [1.807, 2.05) is 12.1 Å². The summed E-state index contributed by atoms with van der Waals surface area (Å²) in [6.45, 7) is 5.30. The van der Waals surface area contributed by atoms with Gasteiger partial charge in [0.05, 0.1) is 7.11 Å². The molecule has 138 valence electrons. The van der Waals surface area contributed by atoms with Crippen LogP contribution in [0.4, 0.5) is 11.5 Å². The summed E-state index contributed by atoms with van der Waals surface area (Å²) in [5.41, 5.74) is 2.50. The van der Waals surface area contributed by atoms with Gasteiger partial charge in [0.25, 0.3) is 0 Å². The van der Waals surface area contributed by atoms with Crippen LogP contribution in [0.15, 0.2) is 42.6 Å². The van der Waals surface area contributed by atoms with Crippen molar-refractivity contribution in [2.24, 2.45) is 5.92 Å². The van der Waals surface area contributed by atoms with E-state index in [4.69, 9.17) is 17.0 Å². The van der Waals surface area contributed by atoms with E-state index in [2.05, 4.69) is 51.7 Å². The van der Waals surface area contributed by atoms with Crippen molar-refractivity contribution in [1.82, 2.24) is 10.3 Å². The molecule has 0 amide bonds.